The molecular formula is C13H13ClN2O2. The van der Waals surface area contributed by atoms with Crippen LogP contribution < -0.4 is 4.74 Å². The number of hydrogen-bond donors (Lipinski definition) is 1. The zero-order chi connectivity index (χ0) is 12.8. The van der Waals surface area contributed by atoms with Gasteiger partial charge in [-0.05, 0) is 25.1 Å². The molecule has 94 valence electrons. The maximum atomic E-state index is 10.8. The Balaban J connectivity index is 2.09. The number of ether oxygens (including phenoxy) is 1. The van der Waals surface area contributed by atoms with Crippen molar-refractivity contribution in [1.29, 1.82) is 0 Å². The zero-order valence-electron chi connectivity index (χ0n) is 9.88. The van der Waals surface area contributed by atoms with E-state index in [9.17, 15) is 5.11 Å². The summed E-state index contributed by atoms with van der Waals surface area (Å²) in [6.07, 6.45) is 5.18. The van der Waals surface area contributed by atoms with Gasteiger partial charge >= 0.3 is 0 Å². The summed E-state index contributed by atoms with van der Waals surface area (Å²) in [6, 6.07) is 5.08. The number of halogens is 1. The molecule has 1 aromatic carbocycles. The lowest BCUT2D eigenvalue weighted by molar-refractivity contribution is -0.0360. The highest BCUT2D eigenvalue weighted by molar-refractivity contribution is 6.30. The molecule has 2 heterocycles. The monoisotopic (exact) mass is 264 g/mol. The highest BCUT2D eigenvalue weighted by atomic mass is 35.5. The predicted molar refractivity (Wildman–Crippen MR) is 67.8 cm³/mol. The minimum Gasteiger partial charge on any atom is -0.491 e. The van der Waals surface area contributed by atoms with Crippen LogP contribution in [0.25, 0.3) is 0 Å². The molecule has 2 unspecified atom stereocenters. The van der Waals surface area contributed by atoms with Crippen LogP contribution in [0.15, 0.2) is 36.9 Å². The second kappa shape index (κ2) is 4.00. The summed E-state index contributed by atoms with van der Waals surface area (Å²) < 4.78 is 7.53. The van der Waals surface area contributed by atoms with E-state index in [4.69, 9.17) is 16.3 Å². The van der Waals surface area contributed by atoms with E-state index in [0.717, 1.165) is 0 Å². The third kappa shape index (κ3) is 1.69. The van der Waals surface area contributed by atoms with Gasteiger partial charge in [0.2, 0.25) is 0 Å². The summed E-state index contributed by atoms with van der Waals surface area (Å²) in [7, 11) is 0. The molecule has 18 heavy (non-hydrogen) atoms. The van der Waals surface area contributed by atoms with Gasteiger partial charge in [0, 0.05) is 23.0 Å². The quantitative estimate of drug-likeness (QED) is 0.860. The van der Waals surface area contributed by atoms with Crippen LogP contribution in [0, 0.1) is 0 Å². The number of benzene rings is 1. The van der Waals surface area contributed by atoms with Crippen molar-refractivity contribution in [2.75, 3.05) is 6.61 Å². The minimum absolute atomic E-state index is 0.217. The van der Waals surface area contributed by atoms with Crippen LogP contribution in [0.1, 0.15) is 18.5 Å². The Morgan fingerprint density at radius 2 is 2.39 bits per heavy atom. The molecule has 0 amide bonds. The van der Waals surface area contributed by atoms with Crippen molar-refractivity contribution in [3.8, 4) is 5.75 Å². The normalized spacial score (nSPS) is 26.5. The lowest BCUT2D eigenvalue weighted by Gasteiger charge is -2.39. The second-order valence-electron chi connectivity index (χ2n) is 4.62. The molecule has 0 spiro atoms. The van der Waals surface area contributed by atoms with Crippen molar-refractivity contribution in [3.63, 3.8) is 0 Å². The Labute approximate surface area is 110 Å². The number of fused-ring (bicyclic) bond motifs is 1. The standard InChI is InChI=1S/C13H13ClN2O2/c1-13(17)10-6-9(14)2-3-11(10)18-7-12(13)16-5-4-15-8-16/h2-6,8,12,17H,7H2,1H3. The van der Waals surface area contributed by atoms with E-state index in [0.29, 0.717) is 22.9 Å². The molecule has 1 aliphatic heterocycles. The van der Waals surface area contributed by atoms with Crippen LogP contribution >= 0.6 is 11.6 Å². The van der Waals surface area contributed by atoms with Gasteiger partial charge in [-0.25, -0.2) is 4.98 Å². The highest BCUT2D eigenvalue weighted by Crippen LogP contribution is 2.43. The van der Waals surface area contributed by atoms with Gasteiger partial charge in [-0.15, -0.1) is 0 Å². The number of hydrogen-bond acceptors (Lipinski definition) is 3. The predicted octanol–water partition coefficient (Wildman–Crippen LogP) is 2.38. The molecule has 0 aliphatic carbocycles. The van der Waals surface area contributed by atoms with Gasteiger partial charge in [0.05, 0.1) is 6.33 Å². The van der Waals surface area contributed by atoms with Crippen LogP contribution in [0.2, 0.25) is 5.02 Å². The first-order chi connectivity index (χ1) is 8.59. The molecule has 4 nitrogen and oxygen atoms in total. The molecular weight excluding hydrogens is 252 g/mol. The Kier molecular flexibility index (Phi) is 2.57. The van der Waals surface area contributed by atoms with Crippen LogP contribution in [0.3, 0.4) is 0 Å². The van der Waals surface area contributed by atoms with E-state index < -0.39 is 5.60 Å². The third-order valence-corrected chi connectivity index (χ3v) is 3.65. The van der Waals surface area contributed by atoms with Gasteiger partial charge < -0.3 is 14.4 Å². The van der Waals surface area contributed by atoms with Crippen molar-refractivity contribution in [1.82, 2.24) is 9.55 Å². The Bertz CT molecular complexity index is 566. The fourth-order valence-corrected chi connectivity index (χ4v) is 2.54. The largest absolute Gasteiger partial charge is 0.491 e. The first kappa shape index (κ1) is 11.6. The lowest BCUT2D eigenvalue weighted by atomic mass is 9.86. The molecule has 1 aliphatic rings. The molecule has 1 N–H and O–H groups in total. The van der Waals surface area contributed by atoms with Crippen molar-refractivity contribution < 1.29 is 9.84 Å². The van der Waals surface area contributed by atoms with Gasteiger partial charge in [0.25, 0.3) is 0 Å². The number of aliphatic hydroxyl groups is 1. The summed E-state index contributed by atoms with van der Waals surface area (Å²) in [4.78, 5) is 4.01. The van der Waals surface area contributed by atoms with Crippen LogP contribution in [-0.4, -0.2) is 21.3 Å². The smallest absolute Gasteiger partial charge is 0.125 e. The van der Waals surface area contributed by atoms with E-state index in [1.165, 1.54) is 0 Å². The summed E-state index contributed by atoms with van der Waals surface area (Å²) >= 11 is 5.99. The maximum Gasteiger partial charge on any atom is 0.125 e. The molecule has 0 fully saturated rings. The van der Waals surface area contributed by atoms with Gasteiger partial charge in [0.1, 0.15) is 24.0 Å². The average molecular weight is 265 g/mol. The van der Waals surface area contributed by atoms with Gasteiger partial charge in [-0.3, -0.25) is 0 Å². The second-order valence-corrected chi connectivity index (χ2v) is 5.06. The summed E-state index contributed by atoms with van der Waals surface area (Å²) in [5, 5.41) is 11.4. The molecule has 0 bridgehead atoms. The molecule has 2 aromatic rings. The van der Waals surface area contributed by atoms with E-state index in [1.807, 2.05) is 10.8 Å². The first-order valence-electron chi connectivity index (χ1n) is 5.71. The van der Waals surface area contributed by atoms with Crippen LogP contribution in [0.4, 0.5) is 0 Å². The molecule has 2 atom stereocenters. The highest BCUT2D eigenvalue weighted by Gasteiger charge is 2.41. The zero-order valence-corrected chi connectivity index (χ0v) is 10.6. The SMILES string of the molecule is CC1(O)c2cc(Cl)ccc2OCC1n1ccnc1. The third-order valence-electron chi connectivity index (χ3n) is 3.42. The van der Waals surface area contributed by atoms with E-state index >= 15 is 0 Å². The average Bonchev–Trinajstić information content (AvgIpc) is 2.83. The summed E-state index contributed by atoms with van der Waals surface area (Å²) in [6.45, 7) is 2.17. The number of aromatic nitrogens is 2. The lowest BCUT2D eigenvalue weighted by Crippen LogP contribution is -2.41. The topological polar surface area (TPSA) is 47.3 Å². The molecule has 0 saturated carbocycles. The first-order valence-corrected chi connectivity index (χ1v) is 6.09. The Morgan fingerprint density at radius 3 is 3.11 bits per heavy atom. The van der Waals surface area contributed by atoms with Crippen molar-refractivity contribution >= 4 is 11.6 Å². The molecule has 0 radical (unpaired) electrons. The van der Waals surface area contributed by atoms with Gasteiger partial charge in [-0.1, -0.05) is 11.6 Å². The molecule has 3 rings (SSSR count). The summed E-state index contributed by atoms with van der Waals surface area (Å²) in [5.74, 6) is 0.681. The Hall–Kier alpha value is -1.52. The molecule has 1 aromatic heterocycles. The van der Waals surface area contributed by atoms with E-state index in [2.05, 4.69) is 4.98 Å². The van der Waals surface area contributed by atoms with Crippen LogP contribution in [-0.2, 0) is 5.60 Å². The van der Waals surface area contributed by atoms with E-state index in [1.54, 1.807) is 37.6 Å². The van der Waals surface area contributed by atoms with Crippen molar-refractivity contribution in [2.24, 2.45) is 0 Å². The number of rotatable bonds is 1. The minimum atomic E-state index is -1.04. The van der Waals surface area contributed by atoms with Gasteiger partial charge in [0.15, 0.2) is 0 Å². The van der Waals surface area contributed by atoms with Crippen molar-refractivity contribution in [3.05, 3.63) is 47.5 Å². The van der Waals surface area contributed by atoms with Crippen molar-refractivity contribution in [2.45, 2.75) is 18.6 Å². The maximum absolute atomic E-state index is 10.8. The fraction of sp³-hybridized carbons (Fsp3) is 0.308. The molecule has 0 saturated heterocycles. The van der Waals surface area contributed by atoms with Crippen LogP contribution in [0.5, 0.6) is 5.75 Å². The number of nitrogens with zero attached hydrogens (tertiary/aromatic N) is 2. The fourth-order valence-electron chi connectivity index (χ4n) is 2.36. The molecule has 5 heteroatoms. The van der Waals surface area contributed by atoms with Gasteiger partial charge in [-0.2, -0.15) is 0 Å². The van der Waals surface area contributed by atoms with E-state index in [-0.39, 0.29) is 6.04 Å². The number of imidazole rings is 1. The Morgan fingerprint density at radius 1 is 1.56 bits per heavy atom. The summed E-state index contributed by atoms with van der Waals surface area (Å²) in [5.41, 5.74) is -0.334.